The largest absolute Gasteiger partial charge is 0.385 e. The van der Waals surface area contributed by atoms with Gasteiger partial charge in [-0.2, -0.15) is 9.13 Å². The summed E-state index contributed by atoms with van der Waals surface area (Å²) in [6.45, 7) is 6.72. The van der Waals surface area contributed by atoms with E-state index in [4.69, 9.17) is 0 Å². The highest BCUT2D eigenvalue weighted by Gasteiger charge is 2.14. The van der Waals surface area contributed by atoms with Gasteiger partial charge in [0.15, 0.2) is 24.8 Å². The van der Waals surface area contributed by atoms with E-state index in [1.165, 1.54) is 165 Å². The zero-order chi connectivity index (χ0) is 32.9. The maximum absolute atomic E-state index is 3.91. The first-order chi connectivity index (χ1) is 22.6. The molecule has 262 valence electrons. The molecular formula is C40H70Br2N4+2. The van der Waals surface area contributed by atoms with E-state index < -0.39 is 0 Å². The first-order valence-electron chi connectivity index (χ1n) is 19.4. The first kappa shape index (κ1) is 41.0. The van der Waals surface area contributed by atoms with Crippen molar-refractivity contribution in [2.75, 3.05) is 23.7 Å². The molecule has 2 rings (SSSR count). The zero-order valence-electron chi connectivity index (χ0n) is 29.8. The Hall–Kier alpha value is -1.14. The molecule has 0 aliphatic heterocycles. The van der Waals surface area contributed by atoms with Gasteiger partial charge >= 0.3 is 0 Å². The molecule has 0 saturated heterocycles. The van der Waals surface area contributed by atoms with Crippen LogP contribution in [0, 0.1) is 0 Å². The van der Waals surface area contributed by atoms with Crippen LogP contribution in [-0.4, -0.2) is 13.1 Å². The van der Waals surface area contributed by atoms with Crippen molar-refractivity contribution in [2.45, 2.75) is 178 Å². The van der Waals surface area contributed by atoms with Crippen LogP contribution in [0.4, 0.5) is 11.4 Å². The van der Waals surface area contributed by atoms with E-state index >= 15 is 0 Å². The molecule has 0 bridgehead atoms. The van der Waals surface area contributed by atoms with Gasteiger partial charge < -0.3 is 10.6 Å². The average Bonchev–Trinajstić information content (AvgIpc) is 3.08. The number of nitrogens with zero attached hydrogens (tertiary/aromatic N) is 2. The van der Waals surface area contributed by atoms with Crippen molar-refractivity contribution >= 4 is 43.2 Å². The predicted molar refractivity (Wildman–Crippen MR) is 208 cm³/mol. The standard InChI is InChI=1S/C40H68Br2N4/c1-3-5-7-9-19-23-31-43-37-27-33-45(34-28-37)39(41)25-21-17-15-13-11-12-14-16-18-22-26-40(42)46-35-29-38(30-36-46)44-32-24-20-10-8-6-4-2/h27-30,33-36,39-40H,3-26,31-32H2,1-2H3/p+2. The van der Waals surface area contributed by atoms with Gasteiger partial charge in [0.2, 0.25) is 9.90 Å². The Morgan fingerprint density at radius 3 is 1.04 bits per heavy atom. The fourth-order valence-electron chi connectivity index (χ4n) is 6.10. The van der Waals surface area contributed by atoms with Crippen LogP contribution in [0.25, 0.3) is 0 Å². The second-order valence-corrected chi connectivity index (χ2v) is 15.6. The maximum Gasteiger partial charge on any atom is 0.211 e. The minimum atomic E-state index is 0.397. The number of hydrogen-bond donors (Lipinski definition) is 2. The highest BCUT2D eigenvalue weighted by molar-refractivity contribution is 9.09. The average molecular weight is 767 g/mol. The number of unbranched alkanes of at least 4 members (excludes halogenated alkanes) is 19. The number of anilines is 2. The maximum atomic E-state index is 3.91. The molecule has 0 aliphatic rings. The fourth-order valence-corrected chi connectivity index (χ4v) is 7.29. The van der Waals surface area contributed by atoms with E-state index in [0.717, 1.165) is 13.1 Å². The number of alkyl halides is 2. The van der Waals surface area contributed by atoms with E-state index in [2.05, 4.69) is 115 Å². The van der Waals surface area contributed by atoms with Crippen molar-refractivity contribution < 1.29 is 9.13 Å². The molecule has 2 heterocycles. The number of nitrogens with one attached hydrogen (secondary N) is 2. The molecule has 0 saturated carbocycles. The van der Waals surface area contributed by atoms with Crippen molar-refractivity contribution in [2.24, 2.45) is 0 Å². The highest BCUT2D eigenvalue weighted by atomic mass is 79.9. The van der Waals surface area contributed by atoms with E-state index in [1.807, 2.05) is 0 Å². The molecule has 0 aromatic carbocycles. The Balaban J connectivity index is 1.39. The van der Waals surface area contributed by atoms with Crippen LogP contribution in [0.5, 0.6) is 0 Å². The number of aromatic nitrogens is 2. The lowest BCUT2D eigenvalue weighted by Gasteiger charge is -2.09. The summed E-state index contributed by atoms with van der Waals surface area (Å²) in [7, 11) is 0. The summed E-state index contributed by atoms with van der Waals surface area (Å²) in [6, 6.07) is 8.88. The third kappa shape index (κ3) is 21.0. The van der Waals surface area contributed by atoms with Crippen molar-refractivity contribution in [1.82, 2.24) is 0 Å². The lowest BCUT2D eigenvalue weighted by Crippen LogP contribution is -2.35. The van der Waals surface area contributed by atoms with Gasteiger partial charge in [0.25, 0.3) is 0 Å². The van der Waals surface area contributed by atoms with E-state index in [9.17, 15) is 0 Å². The van der Waals surface area contributed by atoms with Gasteiger partial charge in [-0.3, -0.25) is 0 Å². The van der Waals surface area contributed by atoms with E-state index in [1.54, 1.807) is 0 Å². The second kappa shape index (κ2) is 28.8. The van der Waals surface area contributed by atoms with Crippen LogP contribution in [0.3, 0.4) is 0 Å². The van der Waals surface area contributed by atoms with Gasteiger partial charge in [-0.05, 0) is 57.5 Å². The molecule has 46 heavy (non-hydrogen) atoms. The lowest BCUT2D eigenvalue weighted by molar-refractivity contribution is -0.698. The third-order valence-electron chi connectivity index (χ3n) is 9.21. The molecule has 2 aromatic rings. The Labute approximate surface area is 301 Å². The molecule has 2 aromatic heterocycles. The first-order valence-corrected chi connectivity index (χ1v) is 21.2. The van der Waals surface area contributed by atoms with Crippen LogP contribution in [0.15, 0.2) is 49.1 Å². The summed E-state index contributed by atoms with van der Waals surface area (Å²) in [6.07, 6.45) is 41.0. The Morgan fingerprint density at radius 1 is 0.435 bits per heavy atom. The van der Waals surface area contributed by atoms with Gasteiger partial charge in [-0.1, -0.05) is 129 Å². The summed E-state index contributed by atoms with van der Waals surface area (Å²) in [5.74, 6) is 0. The molecule has 2 unspecified atom stereocenters. The monoisotopic (exact) mass is 764 g/mol. The van der Waals surface area contributed by atoms with Crippen LogP contribution >= 0.6 is 31.9 Å². The quantitative estimate of drug-likeness (QED) is 0.0455. The topological polar surface area (TPSA) is 31.8 Å². The van der Waals surface area contributed by atoms with Crippen molar-refractivity contribution in [3.05, 3.63) is 49.1 Å². The van der Waals surface area contributed by atoms with Gasteiger partial charge in [-0.25, -0.2) is 0 Å². The van der Waals surface area contributed by atoms with Gasteiger partial charge in [0.1, 0.15) is 0 Å². The second-order valence-electron chi connectivity index (χ2n) is 13.4. The molecule has 4 nitrogen and oxygen atoms in total. The summed E-state index contributed by atoms with van der Waals surface area (Å²) in [5.41, 5.74) is 2.48. The van der Waals surface area contributed by atoms with Crippen molar-refractivity contribution in [3.63, 3.8) is 0 Å². The minimum Gasteiger partial charge on any atom is -0.385 e. The van der Waals surface area contributed by atoms with E-state index in [0.29, 0.717) is 9.90 Å². The van der Waals surface area contributed by atoms with Crippen LogP contribution < -0.4 is 19.8 Å². The van der Waals surface area contributed by atoms with Gasteiger partial charge in [0.05, 0.1) is 0 Å². The van der Waals surface area contributed by atoms with Crippen molar-refractivity contribution in [1.29, 1.82) is 0 Å². The minimum absolute atomic E-state index is 0.397. The molecular weight excluding hydrogens is 696 g/mol. The SMILES string of the molecule is CCCCCCCCNc1cc[n+](C(Br)CCCCCCCCCCCCC(Br)[n+]2ccc(NCCCCCCCC)cc2)cc1. The Kier molecular flexibility index (Phi) is 25.7. The highest BCUT2D eigenvalue weighted by Crippen LogP contribution is 2.20. The number of rotatable bonds is 31. The summed E-state index contributed by atoms with van der Waals surface area (Å²) in [5, 5.41) is 7.16. The molecule has 0 fully saturated rings. The molecule has 2 atom stereocenters. The molecule has 6 heteroatoms. The number of hydrogen-bond acceptors (Lipinski definition) is 2. The number of halogens is 2. The molecule has 0 amide bonds. The summed E-state index contributed by atoms with van der Waals surface area (Å²) < 4.78 is 4.61. The van der Waals surface area contributed by atoms with E-state index in [-0.39, 0.29) is 0 Å². The summed E-state index contributed by atoms with van der Waals surface area (Å²) >= 11 is 7.81. The van der Waals surface area contributed by atoms with Crippen molar-refractivity contribution in [3.8, 4) is 0 Å². The van der Waals surface area contributed by atoms with Crippen LogP contribution in [-0.2, 0) is 0 Å². The summed E-state index contributed by atoms with van der Waals surface area (Å²) in [4.78, 5) is 0.794. The van der Waals surface area contributed by atoms with Crippen LogP contribution in [0.2, 0.25) is 0 Å². The third-order valence-corrected chi connectivity index (χ3v) is 11.1. The molecule has 0 spiro atoms. The van der Waals surface area contributed by atoms with Gasteiger partial charge in [0, 0.05) is 61.6 Å². The predicted octanol–water partition coefficient (Wildman–Crippen LogP) is 13.0. The molecule has 0 radical (unpaired) electrons. The Bertz CT molecular complexity index is 860. The van der Waals surface area contributed by atoms with Crippen LogP contribution in [0.1, 0.15) is 178 Å². The Morgan fingerprint density at radius 2 is 0.717 bits per heavy atom. The molecule has 2 N–H and O–H groups in total. The zero-order valence-corrected chi connectivity index (χ0v) is 33.0. The van der Waals surface area contributed by atoms with Gasteiger partial charge in [-0.15, -0.1) is 0 Å². The fraction of sp³-hybridized carbons (Fsp3) is 0.750. The normalized spacial score (nSPS) is 12.7. The molecule has 0 aliphatic carbocycles. The number of pyridine rings is 2. The lowest BCUT2D eigenvalue weighted by atomic mass is 10.1. The smallest absolute Gasteiger partial charge is 0.211 e.